The van der Waals surface area contributed by atoms with E-state index in [1.165, 1.54) is 0 Å². The van der Waals surface area contributed by atoms with Crippen molar-refractivity contribution < 1.29 is 18.4 Å². The number of hydrogen-bond acceptors (Lipinski definition) is 6. The molecule has 4 rings (SSSR count). The molecule has 30 heavy (non-hydrogen) atoms. The van der Waals surface area contributed by atoms with Crippen molar-refractivity contribution in [1.82, 2.24) is 4.98 Å². The highest BCUT2D eigenvalue weighted by Gasteiger charge is 2.14. The van der Waals surface area contributed by atoms with Crippen molar-refractivity contribution in [1.29, 1.82) is 0 Å². The zero-order valence-corrected chi connectivity index (χ0v) is 16.4. The average Bonchev–Trinajstić information content (AvgIpc) is 3.43. The van der Waals surface area contributed by atoms with E-state index in [1.54, 1.807) is 25.3 Å². The van der Waals surface area contributed by atoms with Gasteiger partial charge in [0, 0.05) is 0 Å². The van der Waals surface area contributed by atoms with Crippen molar-refractivity contribution in [3.8, 4) is 17.4 Å². The molecule has 0 spiro atoms. The molecule has 152 valence electrons. The molecule has 0 aliphatic carbocycles. The fourth-order valence-corrected chi connectivity index (χ4v) is 2.82. The van der Waals surface area contributed by atoms with Crippen molar-refractivity contribution in [2.75, 3.05) is 0 Å². The standard InChI is InChI=1S/C23H21N3O4/c1-16-19(25-23(30-16)21-12-7-13-27-21)15-29-26-22(24)18-10-5-6-11-20(18)28-14-17-8-3-2-4-9-17/h2-13H,14-15H2,1H3,(H2,24,26). The van der Waals surface area contributed by atoms with E-state index in [4.69, 9.17) is 24.1 Å². The molecule has 7 heteroatoms. The van der Waals surface area contributed by atoms with E-state index in [1.807, 2.05) is 54.6 Å². The van der Waals surface area contributed by atoms with Crippen molar-refractivity contribution in [2.45, 2.75) is 20.1 Å². The zero-order valence-electron chi connectivity index (χ0n) is 16.4. The molecule has 0 atom stereocenters. The van der Waals surface area contributed by atoms with Crippen molar-refractivity contribution in [3.05, 3.63) is 95.6 Å². The molecule has 0 saturated carbocycles. The van der Waals surface area contributed by atoms with E-state index in [0.29, 0.717) is 41.0 Å². The summed E-state index contributed by atoms with van der Waals surface area (Å²) in [5.74, 6) is 2.42. The first kappa shape index (κ1) is 19.3. The lowest BCUT2D eigenvalue weighted by atomic mass is 10.2. The van der Waals surface area contributed by atoms with Gasteiger partial charge in [-0.25, -0.2) is 4.98 Å². The van der Waals surface area contributed by atoms with Gasteiger partial charge < -0.3 is 24.1 Å². The highest BCUT2D eigenvalue weighted by Crippen LogP contribution is 2.23. The topological polar surface area (TPSA) is 96.0 Å². The third-order valence-corrected chi connectivity index (χ3v) is 4.39. The number of aryl methyl sites for hydroxylation is 1. The Balaban J connectivity index is 1.42. The van der Waals surface area contributed by atoms with E-state index in [-0.39, 0.29) is 12.4 Å². The van der Waals surface area contributed by atoms with Gasteiger partial charge in [0.25, 0.3) is 5.89 Å². The SMILES string of the molecule is Cc1oc(-c2ccco2)nc1CO/N=C(/N)c1ccccc1OCc1ccccc1. The number of oxazole rings is 1. The van der Waals surface area contributed by atoms with E-state index in [0.717, 1.165) is 5.56 Å². The summed E-state index contributed by atoms with van der Waals surface area (Å²) < 4.78 is 16.8. The lowest BCUT2D eigenvalue weighted by Gasteiger charge is -2.11. The monoisotopic (exact) mass is 403 g/mol. The number of furan rings is 1. The molecule has 4 aromatic rings. The first-order chi connectivity index (χ1) is 14.7. The van der Waals surface area contributed by atoms with Gasteiger partial charge in [-0.15, -0.1) is 0 Å². The Bertz CT molecular complexity index is 1120. The minimum absolute atomic E-state index is 0.115. The summed E-state index contributed by atoms with van der Waals surface area (Å²) in [5.41, 5.74) is 8.47. The lowest BCUT2D eigenvalue weighted by molar-refractivity contribution is 0.127. The summed E-state index contributed by atoms with van der Waals surface area (Å²) in [6.45, 7) is 2.35. The summed E-state index contributed by atoms with van der Waals surface area (Å²) >= 11 is 0. The molecule has 0 aliphatic heterocycles. The Kier molecular flexibility index (Phi) is 5.80. The number of nitrogens with zero attached hydrogens (tertiary/aromatic N) is 2. The Morgan fingerprint density at radius 1 is 1.00 bits per heavy atom. The molecular weight excluding hydrogens is 382 g/mol. The summed E-state index contributed by atoms with van der Waals surface area (Å²) in [6, 6.07) is 20.9. The number of ether oxygens (including phenoxy) is 1. The third kappa shape index (κ3) is 4.52. The first-order valence-corrected chi connectivity index (χ1v) is 9.42. The van der Waals surface area contributed by atoms with Crippen LogP contribution in [0, 0.1) is 6.92 Å². The lowest BCUT2D eigenvalue weighted by Crippen LogP contribution is -2.15. The minimum atomic E-state index is 0.115. The molecule has 0 unspecified atom stereocenters. The van der Waals surface area contributed by atoms with Gasteiger partial charge in [-0.1, -0.05) is 47.6 Å². The van der Waals surface area contributed by atoms with Crippen LogP contribution >= 0.6 is 0 Å². The van der Waals surface area contributed by atoms with Crippen molar-refractivity contribution in [3.63, 3.8) is 0 Å². The quantitative estimate of drug-likeness (QED) is 0.261. The minimum Gasteiger partial charge on any atom is -0.488 e. The van der Waals surface area contributed by atoms with Crippen LogP contribution in [-0.2, 0) is 18.1 Å². The van der Waals surface area contributed by atoms with Crippen LogP contribution in [0.1, 0.15) is 22.6 Å². The van der Waals surface area contributed by atoms with E-state index in [9.17, 15) is 0 Å². The summed E-state index contributed by atoms with van der Waals surface area (Å²) in [5, 5.41) is 4.03. The van der Waals surface area contributed by atoms with Crippen molar-refractivity contribution in [2.24, 2.45) is 10.9 Å². The Hall–Kier alpha value is -4.00. The molecule has 7 nitrogen and oxygen atoms in total. The molecule has 0 saturated heterocycles. The van der Waals surface area contributed by atoms with E-state index < -0.39 is 0 Å². The maximum absolute atomic E-state index is 6.14. The largest absolute Gasteiger partial charge is 0.488 e. The molecule has 0 radical (unpaired) electrons. The molecular formula is C23H21N3O4. The fraction of sp³-hybridized carbons (Fsp3) is 0.130. The van der Waals surface area contributed by atoms with Gasteiger partial charge in [-0.2, -0.15) is 0 Å². The zero-order chi connectivity index (χ0) is 20.8. The van der Waals surface area contributed by atoms with Gasteiger partial charge in [-0.3, -0.25) is 0 Å². The molecule has 0 fully saturated rings. The van der Waals surface area contributed by atoms with Crippen LogP contribution < -0.4 is 10.5 Å². The van der Waals surface area contributed by atoms with Crippen LogP contribution in [0.5, 0.6) is 5.75 Å². The van der Waals surface area contributed by atoms with Crippen LogP contribution in [-0.4, -0.2) is 10.8 Å². The summed E-state index contributed by atoms with van der Waals surface area (Å²) in [7, 11) is 0. The Morgan fingerprint density at radius 3 is 2.60 bits per heavy atom. The number of hydrogen-bond donors (Lipinski definition) is 1. The van der Waals surface area contributed by atoms with Crippen LogP contribution in [0.4, 0.5) is 0 Å². The highest BCUT2D eigenvalue weighted by atomic mass is 16.6. The smallest absolute Gasteiger partial charge is 0.263 e. The Labute approximate surface area is 173 Å². The van der Waals surface area contributed by atoms with Gasteiger partial charge in [0.05, 0.1) is 11.8 Å². The summed E-state index contributed by atoms with van der Waals surface area (Å²) in [6.07, 6.45) is 1.56. The highest BCUT2D eigenvalue weighted by molar-refractivity contribution is 5.99. The summed E-state index contributed by atoms with van der Waals surface area (Å²) in [4.78, 5) is 9.80. The number of oxime groups is 1. The van der Waals surface area contributed by atoms with Gasteiger partial charge in [-0.05, 0) is 36.8 Å². The molecule has 0 amide bonds. The second-order valence-electron chi connectivity index (χ2n) is 6.52. The van der Waals surface area contributed by atoms with Crippen LogP contribution in [0.15, 0.2) is 87.0 Å². The van der Waals surface area contributed by atoms with Crippen LogP contribution in [0.2, 0.25) is 0 Å². The fourth-order valence-electron chi connectivity index (χ4n) is 2.82. The number of rotatable bonds is 8. The number of aromatic nitrogens is 1. The number of amidine groups is 1. The number of para-hydroxylation sites is 1. The van der Waals surface area contributed by atoms with Gasteiger partial charge >= 0.3 is 0 Å². The van der Waals surface area contributed by atoms with Crippen molar-refractivity contribution >= 4 is 5.84 Å². The van der Waals surface area contributed by atoms with Gasteiger partial charge in [0.15, 0.2) is 18.2 Å². The van der Waals surface area contributed by atoms with E-state index in [2.05, 4.69) is 10.1 Å². The second kappa shape index (κ2) is 9.00. The normalized spacial score (nSPS) is 11.4. The average molecular weight is 403 g/mol. The molecule has 0 bridgehead atoms. The van der Waals surface area contributed by atoms with E-state index >= 15 is 0 Å². The van der Waals surface area contributed by atoms with Gasteiger partial charge in [0.1, 0.15) is 23.8 Å². The molecule has 2 N–H and O–H groups in total. The molecule has 2 heterocycles. The second-order valence-corrected chi connectivity index (χ2v) is 6.52. The number of nitrogens with two attached hydrogens (primary N) is 1. The van der Waals surface area contributed by atoms with Crippen LogP contribution in [0.25, 0.3) is 11.7 Å². The van der Waals surface area contributed by atoms with Gasteiger partial charge in [0.2, 0.25) is 0 Å². The molecule has 0 aliphatic rings. The number of benzene rings is 2. The predicted octanol–water partition coefficient (Wildman–Crippen LogP) is 4.66. The maximum Gasteiger partial charge on any atom is 0.263 e. The Morgan fingerprint density at radius 2 is 1.80 bits per heavy atom. The molecule has 2 aromatic heterocycles. The van der Waals surface area contributed by atoms with Crippen LogP contribution in [0.3, 0.4) is 0 Å². The molecule has 2 aromatic carbocycles. The predicted molar refractivity (Wildman–Crippen MR) is 112 cm³/mol. The third-order valence-electron chi connectivity index (χ3n) is 4.39. The maximum atomic E-state index is 6.14. The first-order valence-electron chi connectivity index (χ1n) is 9.42.